The highest BCUT2D eigenvalue weighted by Gasteiger charge is 2.30. The van der Waals surface area contributed by atoms with Crippen LogP contribution >= 0.6 is 0 Å². The van der Waals surface area contributed by atoms with Crippen molar-refractivity contribution >= 4 is 5.91 Å². The number of hydrogen-bond acceptors (Lipinski definition) is 2. The van der Waals surface area contributed by atoms with Crippen LogP contribution in [0.3, 0.4) is 0 Å². The summed E-state index contributed by atoms with van der Waals surface area (Å²) in [5.41, 5.74) is 0.229. The zero-order chi connectivity index (χ0) is 12.5. The molecule has 0 atom stereocenters. The van der Waals surface area contributed by atoms with E-state index in [2.05, 4.69) is 10.6 Å². The van der Waals surface area contributed by atoms with Crippen LogP contribution < -0.4 is 10.6 Å². The molecule has 2 rings (SSSR count). The molecule has 4 heteroatoms. The van der Waals surface area contributed by atoms with Gasteiger partial charge in [-0.3, -0.25) is 4.79 Å². The van der Waals surface area contributed by atoms with Crippen molar-refractivity contribution in [3.8, 4) is 0 Å². The molecule has 0 unspecified atom stereocenters. The van der Waals surface area contributed by atoms with E-state index in [1.165, 1.54) is 12.1 Å². The fourth-order valence-corrected chi connectivity index (χ4v) is 1.83. The second-order valence-electron chi connectivity index (χ2n) is 4.98. The van der Waals surface area contributed by atoms with Gasteiger partial charge in [-0.15, -0.1) is 0 Å². The summed E-state index contributed by atoms with van der Waals surface area (Å²) in [6.45, 7) is 5.22. The minimum Gasteiger partial charge on any atom is -0.347 e. The maximum absolute atomic E-state index is 13.1. The Kier molecular flexibility index (Phi) is 3.15. The van der Waals surface area contributed by atoms with Crippen LogP contribution in [0.5, 0.6) is 0 Å². The van der Waals surface area contributed by atoms with Gasteiger partial charge in [0, 0.05) is 13.1 Å². The van der Waals surface area contributed by atoms with Gasteiger partial charge in [-0.2, -0.15) is 0 Å². The standard InChI is InChI=1S/C13H17FN2O/c1-13(2,10-4-3-5-11(14)6-10)16-12(17)9-7-15-8-9/h3-6,9,15H,7-8H2,1-2H3,(H,16,17). The summed E-state index contributed by atoms with van der Waals surface area (Å²) in [4.78, 5) is 11.9. The topological polar surface area (TPSA) is 41.1 Å². The average Bonchev–Trinajstić information content (AvgIpc) is 2.13. The number of nitrogens with one attached hydrogen (secondary N) is 2. The molecule has 1 aromatic rings. The molecule has 2 N–H and O–H groups in total. The molecule has 0 radical (unpaired) electrons. The van der Waals surface area contributed by atoms with E-state index in [0.717, 1.165) is 18.7 Å². The lowest BCUT2D eigenvalue weighted by molar-refractivity contribution is -0.128. The summed E-state index contributed by atoms with van der Waals surface area (Å²) in [6, 6.07) is 6.34. The van der Waals surface area contributed by atoms with Gasteiger partial charge in [0.15, 0.2) is 0 Å². The third-order valence-corrected chi connectivity index (χ3v) is 3.13. The van der Waals surface area contributed by atoms with E-state index >= 15 is 0 Å². The van der Waals surface area contributed by atoms with Crippen LogP contribution in [-0.4, -0.2) is 19.0 Å². The van der Waals surface area contributed by atoms with Crippen LogP contribution in [-0.2, 0) is 10.3 Å². The minimum absolute atomic E-state index is 0.0259. The van der Waals surface area contributed by atoms with Crippen LogP contribution in [0.4, 0.5) is 4.39 Å². The van der Waals surface area contributed by atoms with E-state index in [0.29, 0.717) is 0 Å². The molecule has 1 heterocycles. The monoisotopic (exact) mass is 236 g/mol. The number of benzene rings is 1. The molecule has 0 saturated carbocycles. The van der Waals surface area contributed by atoms with Gasteiger partial charge in [0.25, 0.3) is 0 Å². The Balaban J connectivity index is 2.09. The number of rotatable bonds is 3. The first-order valence-electron chi connectivity index (χ1n) is 5.78. The zero-order valence-corrected chi connectivity index (χ0v) is 10.1. The molecule has 1 aliphatic heterocycles. The summed E-state index contributed by atoms with van der Waals surface area (Å²) < 4.78 is 13.1. The Labute approximate surface area is 100 Å². The largest absolute Gasteiger partial charge is 0.347 e. The SMILES string of the molecule is CC(C)(NC(=O)C1CNC1)c1cccc(F)c1. The molecule has 0 bridgehead atoms. The molecule has 0 spiro atoms. The van der Waals surface area contributed by atoms with Crippen LogP contribution in [0.2, 0.25) is 0 Å². The maximum Gasteiger partial charge on any atom is 0.226 e. The lowest BCUT2D eigenvalue weighted by atomic mass is 9.92. The van der Waals surface area contributed by atoms with Gasteiger partial charge in [0.05, 0.1) is 11.5 Å². The Morgan fingerprint density at radius 3 is 2.71 bits per heavy atom. The Hall–Kier alpha value is -1.42. The molecule has 0 aliphatic carbocycles. The highest BCUT2D eigenvalue weighted by Crippen LogP contribution is 2.21. The van der Waals surface area contributed by atoms with Crippen molar-refractivity contribution in [2.75, 3.05) is 13.1 Å². The Morgan fingerprint density at radius 1 is 1.47 bits per heavy atom. The molecule has 92 valence electrons. The van der Waals surface area contributed by atoms with Gasteiger partial charge in [-0.25, -0.2) is 4.39 Å². The molecule has 1 aliphatic rings. The number of amides is 1. The van der Waals surface area contributed by atoms with Crippen molar-refractivity contribution in [1.82, 2.24) is 10.6 Å². The maximum atomic E-state index is 13.1. The number of hydrogen-bond donors (Lipinski definition) is 2. The molecule has 17 heavy (non-hydrogen) atoms. The molecular formula is C13H17FN2O. The normalized spacial score (nSPS) is 16.4. The van der Waals surface area contributed by atoms with Gasteiger partial charge in [-0.05, 0) is 31.5 Å². The summed E-state index contributed by atoms with van der Waals surface area (Å²) in [6.07, 6.45) is 0. The highest BCUT2D eigenvalue weighted by atomic mass is 19.1. The van der Waals surface area contributed by atoms with Crippen molar-refractivity contribution in [2.24, 2.45) is 5.92 Å². The molecule has 1 fully saturated rings. The van der Waals surface area contributed by atoms with Gasteiger partial charge >= 0.3 is 0 Å². The van der Waals surface area contributed by atoms with E-state index in [-0.39, 0.29) is 17.6 Å². The van der Waals surface area contributed by atoms with E-state index < -0.39 is 5.54 Å². The summed E-state index contributed by atoms with van der Waals surface area (Å²) in [5.74, 6) is -0.212. The first-order chi connectivity index (χ1) is 7.99. The smallest absolute Gasteiger partial charge is 0.226 e. The van der Waals surface area contributed by atoms with Crippen LogP contribution in [0.15, 0.2) is 24.3 Å². The van der Waals surface area contributed by atoms with E-state index in [4.69, 9.17) is 0 Å². The molecule has 0 aromatic heterocycles. The van der Waals surface area contributed by atoms with Gasteiger partial charge < -0.3 is 10.6 Å². The molecule has 3 nitrogen and oxygen atoms in total. The molecular weight excluding hydrogens is 219 g/mol. The summed E-state index contributed by atoms with van der Waals surface area (Å²) in [7, 11) is 0. The first-order valence-corrected chi connectivity index (χ1v) is 5.78. The Bertz CT molecular complexity index is 427. The van der Waals surface area contributed by atoms with Crippen molar-refractivity contribution in [3.63, 3.8) is 0 Å². The van der Waals surface area contributed by atoms with Gasteiger partial charge in [-0.1, -0.05) is 12.1 Å². The van der Waals surface area contributed by atoms with Crippen molar-refractivity contribution in [2.45, 2.75) is 19.4 Å². The fraction of sp³-hybridized carbons (Fsp3) is 0.462. The zero-order valence-electron chi connectivity index (χ0n) is 10.1. The van der Waals surface area contributed by atoms with Crippen LogP contribution in [0.1, 0.15) is 19.4 Å². The van der Waals surface area contributed by atoms with Crippen molar-refractivity contribution in [1.29, 1.82) is 0 Å². The van der Waals surface area contributed by atoms with Crippen LogP contribution in [0, 0.1) is 11.7 Å². The molecule has 1 aromatic carbocycles. The lowest BCUT2D eigenvalue weighted by Crippen LogP contribution is -2.54. The third-order valence-electron chi connectivity index (χ3n) is 3.13. The van der Waals surface area contributed by atoms with E-state index in [1.54, 1.807) is 6.07 Å². The van der Waals surface area contributed by atoms with Crippen molar-refractivity contribution in [3.05, 3.63) is 35.6 Å². The number of carbonyl (C=O) groups excluding carboxylic acids is 1. The second-order valence-corrected chi connectivity index (χ2v) is 4.98. The summed E-state index contributed by atoms with van der Waals surface area (Å²) >= 11 is 0. The number of halogens is 1. The first kappa shape index (κ1) is 12.0. The number of carbonyl (C=O) groups is 1. The van der Waals surface area contributed by atoms with Crippen LogP contribution in [0.25, 0.3) is 0 Å². The minimum atomic E-state index is -0.547. The van der Waals surface area contributed by atoms with Gasteiger partial charge in [0.1, 0.15) is 5.82 Å². The highest BCUT2D eigenvalue weighted by molar-refractivity contribution is 5.80. The lowest BCUT2D eigenvalue weighted by Gasteiger charge is -2.32. The molecule has 1 amide bonds. The van der Waals surface area contributed by atoms with Crippen molar-refractivity contribution < 1.29 is 9.18 Å². The average molecular weight is 236 g/mol. The second kappa shape index (κ2) is 4.45. The predicted octanol–water partition coefficient (Wildman–Crippen LogP) is 1.40. The predicted molar refractivity (Wildman–Crippen MR) is 63.9 cm³/mol. The van der Waals surface area contributed by atoms with E-state index in [1.807, 2.05) is 19.9 Å². The van der Waals surface area contributed by atoms with Gasteiger partial charge in [0.2, 0.25) is 5.91 Å². The fourth-order valence-electron chi connectivity index (χ4n) is 1.83. The molecule has 1 saturated heterocycles. The Morgan fingerprint density at radius 2 is 2.18 bits per heavy atom. The summed E-state index contributed by atoms with van der Waals surface area (Å²) in [5, 5.41) is 6.01. The third kappa shape index (κ3) is 2.64. The van der Waals surface area contributed by atoms with E-state index in [9.17, 15) is 9.18 Å². The quantitative estimate of drug-likeness (QED) is 0.833.